The predicted molar refractivity (Wildman–Crippen MR) is 47.7 cm³/mol. The lowest BCUT2D eigenvalue weighted by atomic mass is 10.2. The minimum absolute atomic E-state index is 0.131. The van der Waals surface area contributed by atoms with Crippen LogP contribution in [0.4, 0.5) is 0 Å². The third-order valence-electron chi connectivity index (χ3n) is 1.23. The molecule has 0 saturated carbocycles. The maximum atomic E-state index is 8.94. The molecule has 0 rings (SSSR count). The van der Waals surface area contributed by atoms with E-state index in [4.69, 9.17) is 15.3 Å². The molecule has 0 aromatic heterocycles. The van der Waals surface area contributed by atoms with Crippen LogP contribution in [0.3, 0.4) is 0 Å². The Morgan fingerprint density at radius 2 is 1.83 bits per heavy atom. The van der Waals surface area contributed by atoms with Crippen LogP contribution in [0.25, 0.3) is 0 Å². The van der Waals surface area contributed by atoms with E-state index in [1.807, 2.05) is 0 Å². The molecule has 0 aliphatic carbocycles. The first-order chi connectivity index (χ1) is 5.56. The van der Waals surface area contributed by atoms with Crippen LogP contribution in [0.2, 0.25) is 0 Å². The van der Waals surface area contributed by atoms with Gasteiger partial charge in [-0.15, -0.1) is 0 Å². The third-order valence-corrected chi connectivity index (χ3v) is 1.23. The Balaban J connectivity index is 4.17. The van der Waals surface area contributed by atoms with Crippen molar-refractivity contribution in [3.8, 4) is 0 Å². The minimum Gasteiger partial charge on any atom is -0.392 e. The first kappa shape index (κ1) is 11.4. The van der Waals surface area contributed by atoms with Crippen molar-refractivity contribution >= 4 is 0 Å². The van der Waals surface area contributed by atoms with Crippen molar-refractivity contribution in [3.05, 3.63) is 23.8 Å². The van der Waals surface area contributed by atoms with Gasteiger partial charge in [0.25, 0.3) is 0 Å². The van der Waals surface area contributed by atoms with Gasteiger partial charge in [0.05, 0.1) is 18.8 Å². The summed E-state index contributed by atoms with van der Waals surface area (Å²) < 4.78 is 0. The van der Waals surface area contributed by atoms with Crippen LogP contribution in [0, 0.1) is 0 Å². The molecule has 0 amide bonds. The fourth-order valence-electron chi connectivity index (χ4n) is 0.734. The van der Waals surface area contributed by atoms with Gasteiger partial charge < -0.3 is 15.3 Å². The van der Waals surface area contributed by atoms with E-state index < -0.39 is 12.2 Å². The van der Waals surface area contributed by atoms with Gasteiger partial charge in [-0.3, -0.25) is 0 Å². The van der Waals surface area contributed by atoms with Crippen LogP contribution < -0.4 is 0 Å². The Hall–Kier alpha value is -0.640. The molecule has 2 atom stereocenters. The smallest absolute Gasteiger partial charge is 0.0699 e. The zero-order valence-electron chi connectivity index (χ0n) is 7.44. The molecule has 70 valence electrons. The summed E-state index contributed by atoms with van der Waals surface area (Å²) in [6.45, 7) is 3.09. The van der Waals surface area contributed by atoms with E-state index in [1.54, 1.807) is 26.0 Å². The zero-order valence-corrected chi connectivity index (χ0v) is 7.44. The first-order valence-corrected chi connectivity index (χ1v) is 3.92. The highest BCUT2D eigenvalue weighted by Crippen LogP contribution is 1.99. The summed E-state index contributed by atoms with van der Waals surface area (Å²) in [5.41, 5.74) is 0.603. The summed E-state index contributed by atoms with van der Waals surface area (Å²) in [4.78, 5) is 0. The highest BCUT2D eigenvalue weighted by molar-refractivity contribution is 5.20. The lowest BCUT2D eigenvalue weighted by Gasteiger charge is -2.00. The second-order valence-electron chi connectivity index (χ2n) is 2.74. The SMILES string of the molecule is C[C@@H](O)/C=C(/C=C/[C@@H](C)O)CO. The molecule has 0 saturated heterocycles. The van der Waals surface area contributed by atoms with E-state index >= 15 is 0 Å². The summed E-state index contributed by atoms with van der Waals surface area (Å²) in [7, 11) is 0. The number of aliphatic hydroxyl groups is 3. The topological polar surface area (TPSA) is 60.7 Å². The van der Waals surface area contributed by atoms with Crippen LogP contribution in [0.1, 0.15) is 13.8 Å². The minimum atomic E-state index is -0.578. The zero-order chi connectivity index (χ0) is 9.56. The Labute approximate surface area is 72.7 Å². The second kappa shape index (κ2) is 5.94. The third kappa shape index (κ3) is 6.09. The van der Waals surface area contributed by atoms with Gasteiger partial charge in [0.1, 0.15) is 0 Å². The lowest BCUT2D eigenvalue weighted by molar-refractivity contribution is 0.239. The Morgan fingerprint density at radius 3 is 2.17 bits per heavy atom. The fourth-order valence-corrected chi connectivity index (χ4v) is 0.734. The predicted octanol–water partition coefficient (Wildman–Crippen LogP) is 0.223. The average Bonchev–Trinajstić information content (AvgIpc) is 1.97. The molecule has 0 aromatic carbocycles. The lowest BCUT2D eigenvalue weighted by Crippen LogP contribution is -1.99. The molecule has 0 spiro atoms. The largest absolute Gasteiger partial charge is 0.392 e. The van der Waals surface area contributed by atoms with Gasteiger partial charge in [-0.2, -0.15) is 0 Å². The van der Waals surface area contributed by atoms with Crippen molar-refractivity contribution in [2.24, 2.45) is 0 Å². The maximum absolute atomic E-state index is 8.94. The molecule has 3 N–H and O–H groups in total. The summed E-state index contributed by atoms with van der Waals surface area (Å²) in [5.74, 6) is 0. The fraction of sp³-hybridized carbons (Fsp3) is 0.556. The first-order valence-electron chi connectivity index (χ1n) is 3.92. The molecule has 0 bridgehead atoms. The quantitative estimate of drug-likeness (QED) is 0.532. The summed E-state index contributed by atoms with van der Waals surface area (Å²) in [6, 6.07) is 0. The van der Waals surface area contributed by atoms with Crippen LogP contribution in [-0.4, -0.2) is 34.1 Å². The molecule has 0 radical (unpaired) electrons. The van der Waals surface area contributed by atoms with E-state index in [2.05, 4.69) is 0 Å². The number of aliphatic hydroxyl groups excluding tert-OH is 3. The maximum Gasteiger partial charge on any atom is 0.0699 e. The molecule has 0 heterocycles. The molecule has 3 heteroatoms. The Morgan fingerprint density at radius 1 is 1.25 bits per heavy atom. The van der Waals surface area contributed by atoms with Crippen LogP contribution in [-0.2, 0) is 0 Å². The van der Waals surface area contributed by atoms with Crippen molar-refractivity contribution in [2.75, 3.05) is 6.61 Å². The highest BCUT2D eigenvalue weighted by atomic mass is 16.3. The van der Waals surface area contributed by atoms with Gasteiger partial charge in [-0.25, -0.2) is 0 Å². The molecule has 3 nitrogen and oxygen atoms in total. The summed E-state index contributed by atoms with van der Waals surface area (Å²) in [5, 5.41) is 26.6. The van der Waals surface area contributed by atoms with Gasteiger partial charge >= 0.3 is 0 Å². The van der Waals surface area contributed by atoms with Gasteiger partial charge in [-0.1, -0.05) is 18.2 Å². The number of hydrogen-bond donors (Lipinski definition) is 3. The molecule has 0 aliphatic rings. The molecular weight excluding hydrogens is 156 g/mol. The van der Waals surface area contributed by atoms with Crippen LogP contribution >= 0.6 is 0 Å². The van der Waals surface area contributed by atoms with E-state index in [0.29, 0.717) is 5.57 Å². The standard InChI is InChI=1S/C9H16O3/c1-7(11)3-4-9(6-10)5-8(2)12/h3-5,7-8,10-12H,6H2,1-2H3/b4-3+,9-5-/t7-,8-/m1/s1. The van der Waals surface area contributed by atoms with Crippen molar-refractivity contribution in [1.29, 1.82) is 0 Å². The summed E-state index contributed by atoms with van der Waals surface area (Å²) in [6.07, 6.45) is 3.56. The summed E-state index contributed by atoms with van der Waals surface area (Å²) >= 11 is 0. The molecule has 0 unspecified atom stereocenters. The van der Waals surface area contributed by atoms with Gasteiger partial charge in [0.15, 0.2) is 0 Å². The second-order valence-corrected chi connectivity index (χ2v) is 2.74. The normalized spacial score (nSPS) is 18.2. The van der Waals surface area contributed by atoms with Gasteiger partial charge in [0, 0.05) is 0 Å². The molecule has 0 aliphatic heterocycles. The van der Waals surface area contributed by atoms with E-state index in [1.165, 1.54) is 6.08 Å². The average molecular weight is 172 g/mol. The van der Waals surface area contributed by atoms with Gasteiger partial charge in [0.2, 0.25) is 0 Å². The van der Waals surface area contributed by atoms with E-state index in [9.17, 15) is 0 Å². The monoisotopic (exact) mass is 172 g/mol. The Bertz CT molecular complexity index is 169. The van der Waals surface area contributed by atoms with Crippen LogP contribution in [0.15, 0.2) is 23.8 Å². The van der Waals surface area contributed by atoms with E-state index in [0.717, 1.165) is 0 Å². The van der Waals surface area contributed by atoms with E-state index in [-0.39, 0.29) is 6.61 Å². The van der Waals surface area contributed by atoms with Crippen molar-refractivity contribution in [2.45, 2.75) is 26.1 Å². The van der Waals surface area contributed by atoms with Crippen LogP contribution in [0.5, 0.6) is 0 Å². The molecule has 12 heavy (non-hydrogen) atoms. The molecule has 0 aromatic rings. The van der Waals surface area contributed by atoms with Crippen molar-refractivity contribution < 1.29 is 15.3 Å². The van der Waals surface area contributed by atoms with Gasteiger partial charge in [-0.05, 0) is 19.4 Å². The number of rotatable bonds is 4. The molecular formula is C9H16O3. The molecule has 0 fully saturated rings. The highest BCUT2D eigenvalue weighted by Gasteiger charge is 1.94. The van der Waals surface area contributed by atoms with Crippen molar-refractivity contribution in [3.63, 3.8) is 0 Å². The number of hydrogen-bond acceptors (Lipinski definition) is 3. The Kier molecular flexibility index (Phi) is 5.62. The van der Waals surface area contributed by atoms with Crippen molar-refractivity contribution in [1.82, 2.24) is 0 Å².